The van der Waals surface area contributed by atoms with E-state index in [0.717, 1.165) is 17.7 Å². The highest BCUT2D eigenvalue weighted by Crippen LogP contribution is 2.16. The van der Waals surface area contributed by atoms with Crippen molar-refractivity contribution in [2.24, 2.45) is 0 Å². The molecule has 0 aliphatic rings. The summed E-state index contributed by atoms with van der Waals surface area (Å²) in [5.41, 5.74) is 2.10. The number of amides is 2. The minimum Gasteiger partial charge on any atom is -0.494 e. The van der Waals surface area contributed by atoms with Gasteiger partial charge in [0.25, 0.3) is 0 Å². The number of nitrogens with one attached hydrogen (secondary N) is 1. The van der Waals surface area contributed by atoms with Gasteiger partial charge in [0.05, 0.1) is 6.61 Å². The Morgan fingerprint density at radius 2 is 1.77 bits per heavy atom. The summed E-state index contributed by atoms with van der Waals surface area (Å²) in [6.45, 7) is 7.18. The number of benzene rings is 2. The second-order valence-electron chi connectivity index (χ2n) is 7.38. The van der Waals surface area contributed by atoms with Gasteiger partial charge in [0.1, 0.15) is 11.8 Å². The molecule has 0 aliphatic heterocycles. The van der Waals surface area contributed by atoms with Crippen LogP contribution in [0, 0.1) is 6.92 Å². The minimum absolute atomic E-state index is 0.0726. The van der Waals surface area contributed by atoms with E-state index in [1.165, 1.54) is 5.56 Å². The van der Waals surface area contributed by atoms with E-state index in [1.807, 2.05) is 50.2 Å². The van der Waals surface area contributed by atoms with Gasteiger partial charge in [0.2, 0.25) is 11.8 Å². The van der Waals surface area contributed by atoms with Crippen LogP contribution >= 0.6 is 11.6 Å². The van der Waals surface area contributed by atoms with Crippen molar-refractivity contribution in [1.82, 2.24) is 10.2 Å². The Kier molecular flexibility index (Phi) is 9.68. The van der Waals surface area contributed by atoms with Crippen LogP contribution in [0.1, 0.15) is 44.2 Å². The first-order chi connectivity index (χ1) is 14.4. The standard InChI is InChI=1S/C24H31ClN2O3/c1-4-15-26-24(29)19(3)27(17-20-9-11-21(25)12-10-20)23(28)6-5-16-30-22-13-7-18(2)8-14-22/h7-14,19H,4-6,15-17H2,1-3H3,(H,26,29). The van der Waals surface area contributed by atoms with Gasteiger partial charge in [0.15, 0.2) is 0 Å². The lowest BCUT2D eigenvalue weighted by atomic mass is 10.1. The normalized spacial score (nSPS) is 11.6. The third-order valence-electron chi connectivity index (χ3n) is 4.81. The Morgan fingerprint density at radius 3 is 2.40 bits per heavy atom. The van der Waals surface area contributed by atoms with Crippen molar-refractivity contribution < 1.29 is 14.3 Å². The van der Waals surface area contributed by atoms with Gasteiger partial charge in [-0.3, -0.25) is 9.59 Å². The Bertz CT molecular complexity index is 806. The summed E-state index contributed by atoms with van der Waals surface area (Å²) in [7, 11) is 0. The van der Waals surface area contributed by atoms with Crippen molar-refractivity contribution >= 4 is 23.4 Å². The molecule has 6 heteroatoms. The average molecular weight is 431 g/mol. The molecule has 162 valence electrons. The molecule has 1 atom stereocenters. The number of carbonyl (C=O) groups excluding carboxylic acids is 2. The molecule has 0 heterocycles. The molecule has 0 radical (unpaired) electrons. The maximum atomic E-state index is 13.0. The number of nitrogens with zero attached hydrogens (tertiary/aromatic N) is 1. The summed E-state index contributed by atoms with van der Waals surface area (Å²) in [5, 5.41) is 3.51. The Balaban J connectivity index is 1.96. The van der Waals surface area contributed by atoms with E-state index in [2.05, 4.69) is 5.32 Å². The summed E-state index contributed by atoms with van der Waals surface area (Å²) >= 11 is 5.97. The van der Waals surface area contributed by atoms with Crippen molar-refractivity contribution in [1.29, 1.82) is 0 Å². The lowest BCUT2D eigenvalue weighted by molar-refractivity contribution is -0.140. The van der Waals surface area contributed by atoms with Crippen LogP contribution < -0.4 is 10.1 Å². The molecule has 2 aromatic carbocycles. The molecule has 2 aromatic rings. The molecule has 1 N–H and O–H groups in total. The number of rotatable bonds is 11. The topological polar surface area (TPSA) is 58.6 Å². The van der Waals surface area contributed by atoms with Crippen molar-refractivity contribution in [2.45, 2.75) is 52.6 Å². The van der Waals surface area contributed by atoms with E-state index in [0.29, 0.717) is 37.6 Å². The predicted molar refractivity (Wildman–Crippen MR) is 121 cm³/mol. The summed E-state index contributed by atoms with van der Waals surface area (Å²) in [5.74, 6) is 0.574. The van der Waals surface area contributed by atoms with Crippen molar-refractivity contribution in [3.8, 4) is 5.75 Å². The molecule has 2 amide bonds. The quantitative estimate of drug-likeness (QED) is 0.523. The minimum atomic E-state index is -0.558. The number of hydrogen-bond donors (Lipinski definition) is 1. The smallest absolute Gasteiger partial charge is 0.242 e. The van der Waals surface area contributed by atoms with Crippen LogP contribution in [0.25, 0.3) is 0 Å². The molecule has 1 unspecified atom stereocenters. The highest BCUT2D eigenvalue weighted by molar-refractivity contribution is 6.30. The first kappa shape index (κ1) is 23.7. The highest BCUT2D eigenvalue weighted by atomic mass is 35.5. The zero-order valence-electron chi connectivity index (χ0n) is 18.0. The Morgan fingerprint density at radius 1 is 1.10 bits per heavy atom. The van der Waals surface area contributed by atoms with Crippen molar-refractivity contribution in [3.63, 3.8) is 0 Å². The van der Waals surface area contributed by atoms with Gasteiger partial charge >= 0.3 is 0 Å². The van der Waals surface area contributed by atoms with Crippen molar-refractivity contribution in [2.75, 3.05) is 13.2 Å². The molecule has 0 fully saturated rings. The van der Waals surface area contributed by atoms with Gasteiger partial charge in [-0.05, 0) is 56.5 Å². The summed E-state index contributed by atoms with van der Waals surface area (Å²) < 4.78 is 5.72. The molecule has 0 saturated heterocycles. The molecule has 5 nitrogen and oxygen atoms in total. The molecule has 0 aromatic heterocycles. The molecule has 30 heavy (non-hydrogen) atoms. The van der Waals surface area contributed by atoms with Crippen LogP contribution in [-0.4, -0.2) is 35.9 Å². The largest absolute Gasteiger partial charge is 0.494 e. The van der Waals surface area contributed by atoms with E-state index < -0.39 is 6.04 Å². The van der Waals surface area contributed by atoms with Crippen LogP contribution in [0.15, 0.2) is 48.5 Å². The fourth-order valence-electron chi connectivity index (χ4n) is 2.96. The number of hydrogen-bond acceptors (Lipinski definition) is 3. The lowest BCUT2D eigenvalue weighted by Gasteiger charge is -2.29. The molecule has 0 saturated carbocycles. The van der Waals surface area contributed by atoms with Crippen molar-refractivity contribution in [3.05, 3.63) is 64.7 Å². The van der Waals surface area contributed by atoms with Gasteiger partial charge in [0, 0.05) is 24.5 Å². The zero-order valence-corrected chi connectivity index (χ0v) is 18.7. The maximum absolute atomic E-state index is 13.0. The van der Waals surface area contributed by atoms with Crippen LogP contribution in [0.3, 0.4) is 0 Å². The first-order valence-electron chi connectivity index (χ1n) is 10.4. The highest BCUT2D eigenvalue weighted by Gasteiger charge is 2.25. The number of aryl methyl sites for hydroxylation is 1. The molecule has 0 spiro atoms. The fourth-order valence-corrected chi connectivity index (χ4v) is 3.08. The van der Waals surface area contributed by atoms with E-state index in [1.54, 1.807) is 24.0 Å². The fraction of sp³-hybridized carbons (Fsp3) is 0.417. The van der Waals surface area contributed by atoms with Gasteiger partial charge < -0.3 is 15.0 Å². The second kappa shape index (κ2) is 12.2. The third-order valence-corrected chi connectivity index (χ3v) is 5.06. The van der Waals surface area contributed by atoms with E-state index in [9.17, 15) is 9.59 Å². The van der Waals surface area contributed by atoms with Gasteiger partial charge in [-0.1, -0.05) is 48.4 Å². The average Bonchev–Trinajstić information content (AvgIpc) is 2.75. The van der Waals surface area contributed by atoms with Crippen LogP contribution in [0.4, 0.5) is 0 Å². The first-order valence-corrected chi connectivity index (χ1v) is 10.8. The molecule has 0 aliphatic carbocycles. The van der Waals surface area contributed by atoms with Gasteiger partial charge in [-0.15, -0.1) is 0 Å². The second-order valence-corrected chi connectivity index (χ2v) is 7.82. The Hall–Kier alpha value is -2.53. The lowest BCUT2D eigenvalue weighted by Crippen LogP contribution is -2.47. The summed E-state index contributed by atoms with van der Waals surface area (Å²) in [6.07, 6.45) is 1.73. The van der Waals surface area contributed by atoms with Crippen LogP contribution in [-0.2, 0) is 16.1 Å². The molecule has 2 rings (SSSR count). The number of halogens is 1. The summed E-state index contributed by atoms with van der Waals surface area (Å²) in [4.78, 5) is 27.1. The summed E-state index contributed by atoms with van der Waals surface area (Å²) in [6, 6.07) is 14.6. The maximum Gasteiger partial charge on any atom is 0.242 e. The number of ether oxygens (including phenoxy) is 1. The van der Waals surface area contributed by atoms with Crippen LogP contribution in [0.5, 0.6) is 5.75 Å². The molecular weight excluding hydrogens is 400 g/mol. The van der Waals surface area contributed by atoms with Gasteiger partial charge in [-0.25, -0.2) is 0 Å². The third kappa shape index (κ3) is 7.71. The monoisotopic (exact) mass is 430 g/mol. The molecule has 0 bridgehead atoms. The van der Waals surface area contributed by atoms with Crippen LogP contribution in [0.2, 0.25) is 5.02 Å². The van der Waals surface area contributed by atoms with Gasteiger partial charge in [-0.2, -0.15) is 0 Å². The van der Waals surface area contributed by atoms with E-state index in [4.69, 9.17) is 16.3 Å². The number of carbonyl (C=O) groups is 2. The SMILES string of the molecule is CCCNC(=O)C(C)N(Cc1ccc(Cl)cc1)C(=O)CCCOc1ccc(C)cc1. The molecular formula is C24H31ClN2O3. The van der Waals surface area contributed by atoms with E-state index in [-0.39, 0.29) is 11.8 Å². The van der Waals surface area contributed by atoms with E-state index >= 15 is 0 Å². The predicted octanol–water partition coefficient (Wildman–Crippen LogP) is 4.75. The zero-order chi connectivity index (χ0) is 21.9. The Labute approximate surface area is 184 Å².